The molecule has 0 N–H and O–H groups in total. The Balaban J connectivity index is 0.696. The van der Waals surface area contributed by atoms with E-state index in [0.717, 1.165) is 13.1 Å². The number of para-hydroxylation sites is 2. The molecule has 0 aromatic heterocycles. The van der Waals surface area contributed by atoms with E-state index in [-0.39, 0.29) is 0 Å². The molecule has 8 aromatic carbocycles. The number of nitrogens with zero attached hydrogens (tertiary/aromatic N) is 2. The highest BCUT2D eigenvalue weighted by Crippen LogP contribution is 2.32. The molecule has 0 atom stereocenters. The lowest BCUT2D eigenvalue weighted by molar-refractivity contribution is 0.538. The molecule has 0 bridgehead atoms. The monoisotopic (exact) mass is 873 g/mol. The van der Waals surface area contributed by atoms with E-state index in [9.17, 15) is 0 Å². The van der Waals surface area contributed by atoms with Crippen LogP contribution in [0.1, 0.15) is 140 Å². The first-order chi connectivity index (χ1) is 32.8. The SMILES string of the molecule is c1ccc(N(CCCCCCCCCCCCc2cc3ccccc3c3ccccc23)N(CCCCCCCCCCCCc2cc3ccccc3c3ccccc23)c2ccccc2)cc1. The molecule has 0 aliphatic rings. The van der Waals surface area contributed by atoms with Gasteiger partial charge in [-0.3, -0.25) is 10.0 Å². The molecule has 0 aliphatic heterocycles. The van der Waals surface area contributed by atoms with Crippen molar-refractivity contribution in [3.05, 3.63) is 181 Å². The van der Waals surface area contributed by atoms with Crippen molar-refractivity contribution in [2.75, 3.05) is 23.1 Å². The van der Waals surface area contributed by atoms with Crippen LogP contribution in [0.3, 0.4) is 0 Å². The topological polar surface area (TPSA) is 6.48 Å². The van der Waals surface area contributed by atoms with Crippen LogP contribution in [0.5, 0.6) is 0 Å². The fourth-order valence-corrected chi connectivity index (χ4v) is 10.6. The summed E-state index contributed by atoms with van der Waals surface area (Å²) in [6, 6.07) is 62.9. The molecular formula is C64H76N2. The maximum Gasteiger partial charge on any atom is 0.0574 e. The van der Waals surface area contributed by atoms with Crippen molar-refractivity contribution in [1.29, 1.82) is 0 Å². The van der Waals surface area contributed by atoms with Crippen LogP contribution in [0.4, 0.5) is 11.4 Å². The summed E-state index contributed by atoms with van der Waals surface area (Å²) >= 11 is 0. The zero-order valence-electron chi connectivity index (χ0n) is 40.0. The highest BCUT2D eigenvalue weighted by atomic mass is 15.6. The lowest BCUT2D eigenvalue weighted by atomic mass is 9.94. The normalized spacial score (nSPS) is 11.6. The quantitative estimate of drug-likeness (QED) is 0.0263. The van der Waals surface area contributed by atoms with Gasteiger partial charge in [-0.2, -0.15) is 0 Å². The highest BCUT2D eigenvalue weighted by molar-refractivity contribution is 6.09. The van der Waals surface area contributed by atoms with E-state index in [1.54, 1.807) is 0 Å². The third kappa shape index (κ3) is 13.3. The molecule has 0 aliphatic carbocycles. The molecule has 2 nitrogen and oxygen atoms in total. The highest BCUT2D eigenvalue weighted by Gasteiger charge is 2.17. The third-order valence-electron chi connectivity index (χ3n) is 14.2. The van der Waals surface area contributed by atoms with Crippen LogP contribution in [-0.4, -0.2) is 13.1 Å². The summed E-state index contributed by atoms with van der Waals surface area (Å²) in [7, 11) is 0. The predicted molar refractivity (Wildman–Crippen MR) is 290 cm³/mol. The molecular weight excluding hydrogens is 797 g/mol. The van der Waals surface area contributed by atoms with Crippen molar-refractivity contribution in [2.45, 2.75) is 141 Å². The summed E-state index contributed by atoms with van der Waals surface area (Å²) in [6.07, 6.45) is 29.0. The van der Waals surface area contributed by atoms with Crippen molar-refractivity contribution in [1.82, 2.24) is 0 Å². The van der Waals surface area contributed by atoms with Crippen molar-refractivity contribution < 1.29 is 0 Å². The Hall–Kier alpha value is -5.60. The Morgan fingerprint density at radius 2 is 0.500 bits per heavy atom. The Labute approximate surface area is 398 Å². The summed E-state index contributed by atoms with van der Waals surface area (Å²) in [5.41, 5.74) is 5.65. The van der Waals surface area contributed by atoms with Crippen LogP contribution in [0.2, 0.25) is 0 Å². The first-order valence-corrected chi connectivity index (χ1v) is 26.3. The summed E-state index contributed by atoms with van der Waals surface area (Å²) in [6.45, 7) is 2.12. The van der Waals surface area contributed by atoms with E-state index in [1.165, 1.54) is 207 Å². The molecule has 0 saturated carbocycles. The van der Waals surface area contributed by atoms with Gasteiger partial charge in [0.05, 0.1) is 11.4 Å². The Kier molecular flexibility index (Phi) is 18.4. The molecule has 0 unspecified atom stereocenters. The number of rotatable bonds is 29. The second-order valence-electron chi connectivity index (χ2n) is 19.1. The maximum atomic E-state index is 2.58. The van der Waals surface area contributed by atoms with Gasteiger partial charge in [-0.05, 0) is 117 Å². The fraction of sp³-hybridized carbons (Fsp3) is 0.375. The van der Waals surface area contributed by atoms with E-state index in [1.807, 2.05) is 0 Å². The largest absolute Gasteiger partial charge is 0.285 e. The van der Waals surface area contributed by atoms with Crippen molar-refractivity contribution in [3.63, 3.8) is 0 Å². The molecule has 0 fully saturated rings. The van der Waals surface area contributed by atoms with E-state index in [4.69, 9.17) is 0 Å². The van der Waals surface area contributed by atoms with Crippen LogP contribution in [-0.2, 0) is 12.8 Å². The summed E-state index contributed by atoms with van der Waals surface area (Å²) in [5.74, 6) is 0. The second-order valence-corrected chi connectivity index (χ2v) is 19.1. The van der Waals surface area contributed by atoms with E-state index in [0.29, 0.717) is 0 Å². The molecule has 66 heavy (non-hydrogen) atoms. The van der Waals surface area contributed by atoms with Gasteiger partial charge in [-0.15, -0.1) is 0 Å². The van der Waals surface area contributed by atoms with E-state index in [2.05, 4.69) is 180 Å². The predicted octanol–water partition coefficient (Wildman–Crippen LogP) is 18.8. The number of hydrogen-bond donors (Lipinski definition) is 0. The van der Waals surface area contributed by atoms with Crippen LogP contribution in [0.15, 0.2) is 170 Å². The lowest BCUT2D eigenvalue weighted by Gasteiger charge is -2.39. The van der Waals surface area contributed by atoms with Crippen molar-refractivity contribution in [3.8, 4) is 0 Å². The van der Waals surface area contributed by atoms with Gasteiger partial charge in [-0.25, -0.2) is 0 Å². The number of unbranched alkanes of at least 4 members (excludes halogenated alkanes) is 18. The molecule has 0 spiro atoms. The van der Waals surface area contributed by atoms with Gasteiger partial charge in [0.15, 0.2) is 0 Å². The maximum absolute atomic E-state index is 2.58. The molecule has 342 valence electrons. The van der Waals surface area contributed by atoms with Crippen molar-refractivity contribution >= 4 is 54.5 Å². The lowest BCUT2D eigenvalue weighted by Crippen LogP contribution is -2.44. The molecule has 8 rings (SSSR count). The Morgan fingerprint density at radius 1 is 0.227 bits per heavy atom. The van der Waals surface area contributed by atoms with Crippen LogP contribution < -0.4 is 10.0 Å². The minimum absolute atomic E-state index is 1.06. The average molecular weight is 873 g/mol. The van der Waals surface area contributed by atoms with Gasteiger partial charge in [0.1, 0.15) is 0 Å². The minimum Gasteiger partial charge on any atom is -0.285 e. The number of fused-ring (bicyclic) bond motifs is 6. The smallest absolute Gasteiger partial charge is 0.0574 e. The summed E-state index contributed by atoms with van der Waals surface area (Å²) in [4.78, 5) is 0. The van der Waals surface area contributed by atoms with Crippen LogP contribution in [0, 0.1) is 0 Å². The van der Waals surface area contributed by atoms with Gasteiger partial charge in [0.2, 0.25) is 0 Å². The van der Waals surface area contributed by atoms with Crippen LogP contribution >= 0.6 is 0 Å². The molecule has 0 radical (unpaired) electrons. The van der Waals surface area contributed by atoms with Gasteiger partial charge < -0.3 is 0 Å². The Bertz CT molecular complexity index is 2450. The van der Waals surface area contributed by atoms with E-state index >= 15 is 0 Å². The third-order valence-corrected chi connectivity index (χ3v) is 14.2. The molecule has 0 saturated heterocycles. The average Bonchev–Trinajstić information content (AvgIpc) is 3.37. The number of hydrogen-bond acceptors (Lipinski definition) is 2. The molecule has 0 heterocycles. The van der Waals surface area contributed by atoms with Gasteiger partial charge in [0, 0.05) is 13.1 Å². The van der Waals surface area contributed by atoms with Crippen LogP contribution in [0.25, 0.3) is 43.1 Å². The zero-order chi connectivity index (χ0) is 44.9. The number of anilines is 2. The minimum atomic E-state index is 1.06. The van der Waals surface area contributed by atoms with Crippen molar-refractivity contribution in [2.24, 2.45) is 0 Å². The molecule has 2 heteroatoms. The second kappa shape index (κ2) is 25.9. The zero-order valence-corrected chi connectivity index (χ0v) is 40.0. The standard InChI is InChI=1S/C64H76N2/c1(5-9-13-19-35-53-51-55-37-25-27-43-59(55)63-47-31-29-45-61(53)63)3-7-11-15-33-49-65(57-39-21-17-22-40-57)66(58-41-23-18-24-42-58)50-34-16-12-8-4-2-6-10-14-20-36-54-52-56-38-26-28-44-60(56)64-48-32-30-46-62(54)64/h17-18,21-32,37-48,51-52H,1-16,19-20,33-36,49-50H2. The van der Waals surface area contributed by atoms with E-state index < -0.39 is 0 Å². The number of benzene rings is 8. The first-order valence-electron chi connectivity index (χ1n) is 26.3. The summed E-state index contributed by atoms with van der Waals surface area (Å²) < 4.78 is 0. The van der Waals surface area contributed by atoms with Gasteiger partial charge in [0.25, 0.3) is 0 Å². The molecule has 0 amide bonds. The molecule has 8 aromatic rings. The fourth-order valence-electron chi connectivity index (χ4n) is 10.6. The summed E-state index contributed by atoms with van der Waals surface area (Å²) in [5, 5.41) is 16.3. The number of aryl methyl sites for hydroxylation is 2. The van der Waals surface area contributed by atoms with Gasteiger partial charge in [-0.1, -0.05) is 248 Å². The number of hydrazine groups is 1. The van der Waals surface area contributed by atoms with Gasteiger partial charge >= 0.3 is 0 Å². The first kappa shape index (κ1) is 46.9. The Morgan fingerprint density at radius 3 is 0.864 bits per heavy atom.